The zero-order chi connectivity index (χ0) is 46.3. The van der Waals surface area contributed by atoms with E-state index in [2.05, 4.69) is 25.3 Å². The number of likely N-dealkylation sites (tertiary alicyclic amines) is 2. The molecule has 2 aliphatic heterocycles. The predicted octanol–water partition coefficient (Wildman–Crippen LogP) is 6.73. The van der Waals surface area contributed by atoms with Gasteiger partial charge in [0, 0.05) is 56.1 Å². The minimum absolute atomic E-state index is 0.0551. The fourth-order valence-corrected chi connectivity index (χ4v) is 8.19. The van der Waals surface area contributed by atoms with E-state index >= 15 is 0 Å². The van der Waals surface area contributed by atoms with Gasteiger partial charge in [0.05, 0.1) is 11.4 Å². The molecule has 4 N–H and O–H groups in total. The number of aryl methyl sites for hydroxylation is 2. The maximum absolute atomic E-state index is 14.1. The monoisotopic (exact) mass is 902 g/mol. The lowest BCUT2D eigenvalue weighted by Crippen LogP contribution is -2.36. The van der Waals surface area contributed by atoms with Gasteiger partial charge in [-0.25, -0.2) is 31.9 Å². The summed E-state index contributed by atoms with van der Waals surface area (Å²) in [5.41, 5.74) is 4.74. The van der Waals surface area contributed by atoms with E-state index in [1.807, 2.05) is 60.1 Å². The minimum atomic E-state index is -4.17. The van der Waals surface area contributed by atoms with Gasteiger partial charge in [0.2, 0.25) is 0 Å². The number of carbonyl (C=O) groups is 1. The number of primary sulfonamides is 1. The van der Waals surface area contributed by atoms with Gasteiger partial charge in [-0.05, 0) is 98.1 Å². The van der Waals surface area contributed by atoms with E-state index in [4.69, 9.17) is 15.1 Å². The molecule has 6 rings (SSSR count). The minimum Gasteiger partial charge on any atom is -0.387 e. The van der Waals surface area contributed by atoms with Crippen LogP contribution in [0.15, 0.2) is 46.5 Å². The van der Waals surface area contributed by atoms with Crippen molar-refractivity contribution < 1.29 is 35.1 Å². The lowest BCUT2D eigenvalue weighted by atomic mass is 9.92. The molecule has 62 heavy (non-hydrogen) atoms. The number of rotatable bonds is 13. The molecule has 0 unspecified atom stereocenters. The Morgan fingerprint density at radius 2 is 1.11 bits per heavy atom. The Balaban J connectivity index is 0.000000228. The van der Waals surface area contributed by atoms with E-state index in [-0.39, 0.29) is 39.5 Å². The molecule has 4 aromatic rings. The summed E-state index contributed by atoms with van der Waals surface area (Å²) in [5, 5.41) is 23.9. The molecule has 16 nitrogen and oxygen atoms in total. The maximum atomic E-state index is 14.1. The number of sulfonamides is 2. The second kappa shape index (κ2) is 21.0. The third-order valence-electron chi connectivity index (χ3n) is 10.5. The molecule has 2 aliphatic rings. The Bertz CT molecular complexity index is 2410. The van der Waals surface area contributed by atoms with Crippen molar-refractivity contribution >= 4 is 31.8 Å². The van der Waals surface area contributed by atoms with E-state index in [0.29, 0.717) is 29.1 Å². The van der Waals surface area contributed by atoms with Crippen molar-refractivity contribution in [2.24, 2.45) is 19.2 Å². The maximum Gasteiger partial charge on any atom is 0.333 e. The van der Waals surface area contributed by atoms with E-state index in [9.17, 15) is 30.4 Å². The first-order chi connectivity index (χ1) is 28.9. The highest BCUT2D eigenvalue weighted by atomic mass is 32.2. The number of hydrogen-bond donors (Lipinski definition) is 3. The Hall–Kier alpha value is -4.94. The first kappa shape index (κ1) is 49.7. The molecular weight excluding hydrogens is 843 g/mol. The average molecular weight is 903 g/mol. The van der Waals surface area contributed by atoms with Crippen LogP contribution in [0, 0.1) is 23.2 Å². The zero-order valence-corrected chi connectivity index (χ0v) is 38.8. The Morgan fingerprint density at radius 1 is 0.726 bits per heavy atom. The van der Waals surface area contributed by atoms with Crippen LogP contribution >= 0.6 is 0 Å². The molecule has 2 aromatic heterocycles. The SMILES string of the molecule is CC(C)c1cc(F)cc(C(C)C)c1NC(=O)NS(=O)(=O)c1cc(CN2CCC2)n(C)n1.CC(C)c1cc(F)cc(C(C)C)c1OC#N.Cn1nc(S(N)(=O)=O)cc1CN1CCC1. The molecular formula is C42H60F2N10O6S2. The number of anilines is 1. The number of urea groups is 1. The quantitative estimate of drug-likeness (QED) is 0.120. The Morgan fingerprint density at radius 3 is 1.45 bits per heavy atom. The number of amides is 2. The summed E-state index contributed by atoms with van der Waals surface area (Å²) in [4.78, 5) is 17.0. The number of nitrogens with zero attached hydrogens (tertiary/aromatic N) is 7. The number of nitrogens with one attached hydrogen (secondary N) is 2. The summed E-state index contributed by atoms with van der Waals surface area (Å²) in [7, 11) is -4.44. The van der Waals surface area contributed by atoms with Gasteiger partial charge in [0.15, 0.2) is 10.1 Å². The molecule has 2 aromatic carbocycles. The Kier molecular flexibility index (Phi) is 16.8. The largest absolute Gasteiger partial charge is 0.387 e. The molecule has 4 heterocycles. The van der Waals surface area contributed by atoms with Crippen molar-refractivity contribution in [3.05, 3.63) is 81.7 Å². The van der Waals surface area contributed by atoms with Crippen molar-refractivity contribution in [3.8, 4) is 12.0 Å². The molecule has 20 heteroatoms. The third-order valence-corrected chi connectivity index (χ3v) is 12.5. The molecule has 340 valence electrons. The summed E-state index contributed by atoms with van der Waals surface area (Å²) in [5.74, 6) is -0.0613. The standard InChI is InChI=1S/C21H30FN5O3S.C13H16FNO.C8H14N4O2S/c1-13(2)17-9-15(22)10-18(14(3)4)20(17)23-21(28)25-31(29,30)19-11-16(26(5)24-19)12-27-7-6-8-27;1-8(2)11-5-10(14)6-12(9(3)4)13(11)16-7-15;1-11-7(6-12-3-2-4-12)5-8(10-11)15(9,13)14/h9-11,13-14H,6-8,12H2,1-5H3,(H2,23,25,28);5-6,8-9H,1-4H3;5H,2-4,6H2,1H3,(H2,9,13,14). The van der Waals surface area contributed by atoms with Crippen LogP contribution < -0.4 is 19.9 Å². The predicted molar refractivity (Wildman–Crippen MR) is 232 cm³/mol. The fraction of sp³-hybridized carbons (Fsp3) is 0.524. The second-order valence-corrected chi connectivity index (χ2v) is 19.9. The average Bonchev–Trinajstić information content (AvgIpc) is 3.71. The molecule has 0 aliphatic carbocycles. The van der Waals surface area contributed by atoms with Crippen molar-refractivity contribution in [2.45, 2.75) is 115 Å². The Labute approximate surface area is 364 Å². The third kappa shape index (κ3) is 13.0. The van der Waals surface area contributed by atoms with Gasteiger partial charge in [-0.3, -0.25) is 19.2 Å². The van der Waals surface area contributed by atoms with Crippen molar-refractivity contribution in [2.75, 3.05) is 31.5 Å². The summed E-state index contributed by atoms with van der Waals surface area (Å²) in [6.07, 6.45) is 4.01. The molecule has 0 spiro atoms. The van der Waals surface area contributed by atoms with Crippen LogP contribution in [0.5, 0.6) is 5.75 Å². The van der Waals surface area contributed by atoms with Gasteiger partial charge in [-0.15, -0.1) is 5.26 Å². The zero-order valence-electron chi connectivity index (χ0n) is 37.2. The molecule has 2 amide bonds. The van der Waals surface area contributed by atoms with Crippen LogP contribution in [0.2, 0.25) is 0 Å². The fourth-order valence-electron chi connectivity index (χ4n) is 6.73. The van der Waals surface area contributed by atoms with Crippen molar-refractivity contribution in [1.29, 1.82) is 5.26 Å². The summed E-state index contributed by atoms with van der Waals surface area (Å²) < 4.78 is 85.2. The number of hydrogen-bond acceptors (Lipinski definition) is 11. The highest BCUT2D eigenvalue weighted by molar-refractivity contribution is 7.90. The molecule has 0 radical (unpaired) electrons. The molecule has 0 saturated carbocycles. The van der Waals surface area contributed by atoms with Crippen LogP contribution in [0.3, 0.4) is 0 Å². The number of ether oxygens (including phenoxy) is 1. The number of nitriles is 1. The number of aromatic nitrogens is 4. The van der Waals surface area contributed by atoms with Gasteiger partial charge in [0.25, 0.3) is 26.3 Å². The number of halogens is 2. The molecule has 0 bridgehead atoms. The van der Waals surface area contributed by atoms with Gasteiger partial charge in [-0.2, -0.15) is 18.6 Å². The number of carbonyl (C=O) groups excluding carboxylic acids is 1. The van der Waals surface area contributed by atoms with Crippen LogP contribution in [0.25, 0.3) is 0 Å². The van der Waals surface area contributed by atoms with Crippen LogP contribution in [-0.2, 0) is 47.2 Å². The molecule has 2 saturated heterocycles. The molecule has 2 fully saturated rings. The van der Waals surface area contributed by atoms with Gasteiger partial charge < -0.3 is 10.1 Å². The normalized spacial score (nSPS) is 14.4. The highest BCUT2D eigenvalue weighted by Gasteiger charge is 2.26. The van der Waals surface area contributed by atoms with Gasteiger partial charge >= 0.3 is 6.03 Å². The second-order valence-electron chi connectivity index (χ2n) is 16.7. The number of benzene rings is 2. The summed E-state index contributed by atoms with van der Waals surface area (Å²) in [6, 6.07) is 7.69. The summed E-state index contributed by atoms with van der Waals surface area (Å²) in [6.45, 7) is 20.7. The first-order valence-electron chi connectivity index (χ1n) is 20.5. The smallest absolute Gasteiger partial charge is 0.333 e. The van der Waals surface area contributed by atoms with Gasteiger partial charge in [-0.1, -0.05) is 55.4 Å². The van der Waals surface area contributed by atoms with Crippen LogP contribution in [0.4, 0.5) is 19.3 Å². The van der Waals surface area contributed by atoms with E-state index < -0.39 is 31.9 Å². The van der Waals surface area contributed by atoms with E-state index in [1.165, 1.54) is 47.5 Å². The van der Waals surface area contributed by atoms with Gasteiger partial charge in [0.1, 0.15) is 17.4 Å². The number of nitrogens with two attached hydrogens (primary N) is 1. The summed E-state index contributed by atoms with van der Waals surface area (Å²) >= 11 is 0. The van der Waals surface area contributed by atoms with Crippen LogP contribution in [0.1, 0.15) is 126 Å². The van der Waals surface area contributed by atoms with Crippen LogP contribution in [-0.4, -0.2) is 78.4 Å². The first-order valence-corrected chi connectivity index (χ1v) is 23.5. The topological polar surface area (TPSA) is 211 Å². The lowest BCUT2D eigenvalue weighted by molar-refractivity contribution is 0.168. The molecule has 0 atom stereocenters. The lowest BCUT2D eigenvalue weighted by Gasteiger charge is -2.30. The van der Waals surface area contributed by atoms with Crippen molar-refractivity contribution in [1.82, 2.24) is 34.1 Å². The van der Waals surface area contributed by atoms with Crippen molar-refractivity contribution in [3.63, 3.8) is 0 Å². The van der Waals surface area contributed by atoms with E-state index in [1.54, 1.807) is 25.0 Å². The van der Waals surface area contributed by atoms with E-state index in [0.717, 1.165) is 61.7 Å². The highest BCUT2D eigenvalue weighted by Crippen LogP contribution is 2.36.